The highest BCUT2D eigenvalue weighted by Crippen LogP contribution is 2.30. The number of hydrogen-bond acceptors (Lipinski definition) is 2. The second kappa shape index (κ2) is 4.22. The number of ether oxygens (including phenoxy) is 1. The van der Waals surface area contributed by atoms with Gasteiger partial charge < -0.3 is 4.74 Å². The molecule has 2 nitrogen and oxygen atoms in total. The summed E-state index contributed by atoms with van der Waals surface area (Å²) in [7, 11) is 1.51. The molecule has 0 spiro atoms. The lowest BCUT2D eigenvalue weighted by Gasteiger charge is -2.06. The number of nitrogens with zero attached hydrogens (tertiary/aromatic N) is 1. The second-order valence-corrected chi connectivity index (χ2v) is 3.59. The normalized spacial score (nSPS) is 11.1. The van der Waals surface area contributed by atoms with Crippen LogP contribution >= 0.6 is 11.6 Å². The van der Waals surface area contributed by atoms with Crippen LogP contribution in [0.25, 0.3) is 10.9 Å². The van der Waals surface area contributed by atoms with Gasteiger partial charge in [-0.05, 0) is 24.3 Å². The van der Waals surface area contributed by atoms with Crippen LogP contribution in [-0.2, 0) is 0 Å². The van der Waals surface area contributed by atoms with E-state index >= 15 is 0 Å². The summed E-state index contributed by atoms with van der Waals surface area (Å²) in [5.41, 5.74) is 0.303. The zero-order valence-electron chi connectivity index (χ0n) is 8.38. The first kappa shape index (κ1) is 11.1. The molecule has 0 radical (unpaired) electrons. The third-order valence-electron chi connectivity index (χ3n) is 2.24. The van der Waals surface area contributed by atoms with Crippen molar-refractivity contribution in [3.8, 4) is 5.75 Å². The number of methoxy groups -OCH3 is 1. The van der Waals surface area contributed by atoms with Crippen molar-refractivity contribution in [2.45, 2.75) is 6.43 Å². The van der Waals surface area contributed by atoms with Gasteiger partial charge in [-0.1, -0.05) is 11.6 Å². The maximum absolute atomic E-state index is 12.6. The van der Waals surface area contributed by atoms with Crippen molar-refractivity contribution in [3.05, 3.63) is 35.0 Å². The summed E-state index contributed by atoms with van der Waals surface area (Å²) in [5, 5.41) is 0.423. The molecule has 0 atom stereocenters. The molecule has 0 bridgehead atoms. The van der Waals surface area contributed by atoms with Crippen molar-refractivity contribution in [1.82, 2.24) is 4.98 Å². The van der Waals surface area contributed by atoms with Gasteiger partial charge in [0, 0.05) is 5.39 Å². The molecule has 0 aliphatic rings. The number of aromatic nitrogens is 1. The SMILES string of the molecule is COc1ccc2nc(Cl)c(C(F)F)cc2c1. The van der Waals surface area contributed by atoms with Crippen LogP contribution in [0.4, 0.5) is 8.78 Å². The summed E-state index contributed by atoms with van der Waals surface area (Å²) >= 11 is 5.65. The third kappa shape index (κ3) is 1.93. The van der Waals surface area contributed by atoms with E-state index in [1.165, 1.54) is 13.2 Å². The summed E-state index contributed by atoms with van der Waals surface area (Å²) in [6.45, 7) is 0. The number of pyridine rings is 1. The Labute approximate surface area is 95.8 Å². The highest BCUT2D eigenvalue weighted by Gasteiger charge is 2.14. The molecule has 1 heterocycles. The molecule has 0 saturated carbocycles. The van der Waals surface area contributed by atoms with Crippen molar-refractivity contribution >= 4 is 22.5 Å². The Morgan fingerprint density at radius 1 is 1.31 bits per heavy atom. The van der Waals surface area contributed by atoms with Crippen LogP contribution < -0.4 is 4.74 Å². The molecule has 0 amide bonds. The minimum atomic E-state index is -2.63. The molecular formula is C11H8ClF2NO. The van der Waals surface area contributed by atoms with E-state index in [4.69, 9.17) is 16.3 Å². The Hall–Kier alpha value is -1.42. The maximum Gasteiger partial charge on any atom is 0.266 e. The van der Waals surface area contributed by atoms with E-state index in [-0.39, 0.29) is 10.7 Å². The average Bonchev–Trinajstić information content (AvgIpc) is 2.27. The molecule has 0 N–H and O–H groups in total. The van der Waals surface area contributed by atoms with Crippen molar-refractivity contribution < 1.29 is 13.5 Å². The monoisotopic (exact) mass is 243 g/mol. The van der Waals surface area contributed by atoms with Crippen molar-refractivity contribution in [1.29, 1.82) is 0 Å². The molecule has 2 aromatic rings. The highest BCUT2D eigenvalue weighted by molar-refractivity contribution is 6.30. The van der Waals surface area contributed by atoms with E-state index < -0.39 is 6.43 Å². The Morgan fingerprint density at radius 3 is 2.69 bits per heavy atom. The molecule has 1 aromatic carbocycles. The van der Waals surface area contributed by atoms with Gasteiger partial charge in [-0.25, -0.2) is 13.8 Å². The van der Waals surface area contributed by atoms with Gasteiger partial charge in [-0.2, -0.15) is 0 Å². The molecule has 0 unspecified atom stereocenters. The van der Waals surface area contributed by atoms with Crippen LogP contribution in [0.1, 0.15) is 12.0 Å². The zero-order chi connectivity index (χ0) is 11.7. The Morgan fingerprint density at radius 2 is 2.06 bits per heavy atom. The van der Waals surface area contributed by atoms with Crippen LogP contribution in [0.2, 0.25) is 5.15 Å². The van der Waals surface area contributed by atoms with Gasteiger partial charge in [-0.15, -0.1) is 0 Å². The van der Waals surface area contributed by atoms with E-state index in [1.807, 2.05) is 0 Å². The van der Waals surface area contributed by atoms with Gasteiger partial charge >= 0.3 is 0 Å². The van der Waals surface area contributed by atoms with E-state index in [0.29, 0.717) is 16.7 Å². The van der Waals surface area contributed by atoms with E-state index in [2.05, 4.69) is 4.98 Å². The summed E-state index contributed by atoms with van der Waals surface area (Å²) in [5.74, 6) is 0.594. The fourth-order valence-electron chi connectivity index (χ4n) is 1.43. The topological polar surface area (TPSA) is 22.1 Å². The standard InChI is InChI=1S/C11H8ClF2NO/c1-16-7-2-3-9-6(4-7)5-8(11(13)14)10(12)15-9/h2-5,11H,1H3. The molecule has 84 valence electrons. The molecular weight excluding hydrogens is 236 g/mol. The second-order valence-electron chi connectivity index (χ2n) is 3.23. The van der Waals surface area contributed by atoms with E-state index in [9.17, 15) is 8.78 Å². The third-order valence-corrected chi connectivity index (χ3v) is 2.54. The van der Waals surface area contributed by atoms with Crippen molar-refractivity contribution in [2.24, 2.45) is 0 Å². The van der Waals surface area contributed by atoms with Gasteiger partial charge in [0.25, 0.3) is 6.43 Å². The van der Waals surface area contributed by atoms with Gasteiger partial charge in [0.05, 0.1) is 18.2 Å². The fourth-order valence-corrected chi connectivity index (χ4v) is 1.66. The average molecular weight is 244 g/mol. The number of rotatable bonds is 2. The van der Waals surface area contributed by atoms with Gasteiger partial charge in [0.1, 0.15) is 10.9 Å². The molecule has 0 aliphatic heterocycles. The van der Waals surface area contributed by atoms with Gasteiger partial charge in [0.15, 0.2) is 0 Å². The number of alkyl halides is 2. The lowest BCUT2D eigenvalue weighted by Crippen LogP contribution is -1.91. The van der Waals surface area contributed by atoms with Crippen molar-refractivity contribution in [3.63, 3.8) is 0 Å². The van der Waals surface area contributed by atoms with E-state index in [1.54, 1.807) is 18.2 Å². The molecule has 0 aliphatic carbocycles. The largest absolute Gasteiger partial charge is 0.497 e. The van der Waals surface area contributed by atoms with Gasteiger partial charge in [0.2, 0.25) is 0 Å². The summed E-state index contributed by atoms with van der Waals surface area (Å²) in [4.78, 5) is 3.90. The van der Waals surface area contributed by atoms with Crippen LogP contribution in [-0.4, -0.2) is 12.1 Å². The maximum atomic E-state index is 12.6. The van der Waals surface area contributed by atoms with Crippen LogP contribution in [0, 0.1) is 0 Å². The summed E-state index contributed by atoms with van der Waals surface area (Å²) in [6, 6.07) is 6.35. The first-order chi connectivity index (χ1) is 7.61. The lowest BCUT2D eigenvalue weighted by atomic mass is 10.1. The molecule has 1 aromatic heterocycles. The summed E-state index contributed by atoms with van der Waals surface area (Å²) in [6.07, 6.45) is -2.63. The number of fused-ring (bicyclic) bond motifs is 1. The molecule has 2 rings (SSSR count). The number of halogens is 3. The number of hydrogen-bond donors (Lipinski definition) is 0. The minimum Gasteiger partial charge on any atom is -0.497 e. The van der Waals surface area contributed by atoms with Crippen LogP contribution in [0.15, 0.2) is 24.3 Å². The molecule has 0 saturated heterocycles. The highest BCUT2D eigenvalue weighted by atomic mass is 35.5. The smallest absolute Gasteiger partial charge is 0.266 e. The minimum absolute atomic E-state index is 0.160. The summed E-state index contributed by atoms with van der Waals surface area (Å²) < 4.78 is 30.2. The predicted octanol–water partition coefficient (Wildman–Crippen LogP) is 3.83. The van der Waals surface area contributed by atoms with Gasteiger partial charge in [-0.3, -0.25) is 0 Å². The molecule has 0 fully saturated rings. The van der Waals surface area contributed by atoms with Crippen LogP contribution in [0.3, 0.4) is 0 Å². The number of benzene rings is 1. The van der Waals surface area contributed by atoms with Crippen molar-refractivity contribution in [2.75, 3.05) is 7.11 Å². The van der Waals surface area contributed by atoms with Crippen LogP contribution in [0.5, 0.6) is 5.75 Å². The Bertz CT molecular complexity index is 531. The quantitative estimate of drug-likeness (QED) is 0.748. The first-order valence-corrected chi connectivity index (χ1v) is 4.92. The Kier molecular flexibility index (Phi) is 2.92. The lowest BCUT2D eigenvalue weighted by molar-refractivity contribution is 0.151. The zero-order valence-corrected chi connectivity index (χ0v) is 9.13. The molecule has 5 heteroatoms. The first-order valence-electron chi connectivity index (χ1n) is 4.54. The van der Waals surface area contributed by atoms with E-state index in [0.717, 1.165) is 0 Å². The predicted molar refractivity (Wildman–Crippen MR) is 58.3 cm³/mol. The Balaban J connectivity index is 2.65. The fraction of sp³-hybridized carbons (Fsp3) is 0.182. The molecule has 16 heavy (non-hydrogen) atoms.